The summed E-state index contributed by atoms with van der Waals surface area (Å²) in [6.45, 7) is 4.86. The fraction of sp³-hybridized carbons (Fsp3) is 0.300. The third-order valence-electron chi connectivity index (χ3n) is 4.46. The number of nitrogens with one attached hydrogen (secondary N) is 1. The number of amides is 1. The SMILES string of the molecule is O=C(CN1CCN(Cc2ccccc2)CC1)N/N=C/c1cc(Br)ccc1O. The number of rotatable bonds is 6. The van der Waals surface area contributed by atoms with E-state index < -0.39 is 0 Å². The van der Waals surface area contributed by atoms with Crippen LogP contribution in [-0.4, -0.2) is 59.8 Å². The zero-order valence-electron chi connectivity index (χ0n) is 15.0. The van der Waals surface area contributed by atoms with E-state index in [1.165, 1.54) is 11.8 Å². The number of hydrogen-bond acceptors (Lipinski definition) is 5. The summed E-state index contributed by atoms with van der Waals surface area (Å²) >= 11 is 3.34. The molecule has 7 heteroatoms. The zero-order valence-corrected chi connectivity index (χ0v) is 16.6. The first-order valence-electron chi connectivity index (χ1n) is 8.89. The Balaban J connectivity index is 1.40. The van der Waals surface area contributed by atoms with E-state index in [9.17, 15) is 9.90 Å². The monoisotopic (exact) mass is 430 g/mol. The average molecular weight is 431 g/mol. The van der Waals surface area contributed by atoms with Gasteiger partial charge in [0.15, 0.2) is 0 Å². The van der Waals surface area contributed by atoms with E-state index in [4.69, 9.17) is 0 Å². The van der Waals surface area contributed by atoms with Crippen LogP contribution in [0.1, 0.15) is 11.1 Å². The molecule has 1 saturated heterocycles. The molecule has 0 aliphatic carbocycles. The lowest BCUT2D eigenvalue weighted by Crippen LogP contribution is -2.48. The van der Waals surface area contributed by atoms with Gasteiger partial charge in [-0.2, -0.15) is 5.10 Å². The second kappa shape index (κ2) is 9.64. The highest BCUT2D eigenvalue weighted by Gasteiger charge is 2.18. The standard InChI is InChI=1S/C20H23BrN4O2/c21-18-6-7-19(26)17(12-18)13-22-23-20(27)15-25-10-8-24(9-11-25)14-16-4-2-1-3-5-16/h1-7,12-13,26H,8-11,14-15H2,(H,23,27)/b22-13+. The van der Waals surface area contributed by atoms with Gasteiger partial charge in [-0.25, -0.2) is 5.43 Å². The highest BCUT2D eigenvalue weighted by molar-refractivity contribution is 9.10. The van der Waals surface area contributed by atoms with Gasteiger partial charge in [0.2, 0.25) is 0 Å². The minimum absolute atomic E-state index is 0.116. The van der Waals surface area contributed by atoms with Crippen molar-refractivity contribution in [1.82, 2.24) is 15.2 Å². The Hall–Kier alpha value is -2.22. The summed E-state index contributed by atoms with van der Waals surface area (Å²) in [5, 5.41) is 13.7. The van der Waals surface area contributed by atoms with Crippen LogP contribution in [0.5, 0.6) is 5.75 Å². The van der Waals surface area contributed by atoms with Crippen molar-refractivity contribution in [3.05, 3.63) is 64.1 Å². The summed E-state index contributed by atoms with van der Waals surface area (Å²) in [7, 11) is 0. The Morgan fingerprint density at radius 1 is 1.11 bits per heavy atom. The average Bonchev–Trinajstić information content (AvgIpc) is 2.67. The number of hydrogen-bond donors (Lipinski definition) is 2. The van der Waals surface area contributed by atoms with E-state index >= 15 is 0 Å². The van der Waals surface area contributed by atoms with Gasteiger partial charge >= 0.3 is 0 Å². The molecule has 2 N–H and O–H groups in total. The number of phenolic OH excluding ortho intramolecular Hbond substituents is 1. The topological polar surface area (TPSA) is 68.2 Å². The van der Waals surface area contributed by atoms with Crippen molar-refractivity contribution in [2.24, 2.45) is 5.10 Å². The van der Waals surface area contributed by atoms with Crippen molar-refractivity contribution < 1.29 is 9.90 Å². The second-order valence-electron chi connectivity index (χ2n) is 6.53. The first-order valence-corrected chi connectivity index (χ1v) is 9.68. The quantitative estimate of drug-likeness (QED) is 0.545. The van der Waals surface area contributed by atoms with Gasteiger partial charge in [-0.3, -0.25) is 14.6 Å². The molecule has 142 valence electrons. The number of phenols is 1. The van der Waals surface area contributed by atoms with Crippen molar-refractivity contribution in [2.45, 2.75) is 6.54 Å². The number of piperazine rings is 1. The molecule has 6 nitrogen and oxygen atoms in total. The molecule has 0 saturated carbocycles. The molecule has 0 atom stereocenters. The molecule has 0 bridgehead atoms. The third-order valence-corrected chi connectivity index (χ3v) is 4.96. The highest BCUT2D eigenvalue weighted by atomic mass is 79.9. The molecule has 0 radical (unpaired) electrons. The van der Waals surface area contributed by atoms with Crippen molar-refractivity contribution >= 4 is 28.1 Å². The maximum atomic E-state index is 12.1. The van der Waals surface area contributed by atoms with E-state index in [0.717, 1.165) is 37.2 Å². The Morgan fingerprint density at radius 2 is 1.81 bits per heavy atom. The molecule has 0 unspecified atom stereocenters. The zero-order chi connectivity index (χ0) is 19.1. The Kier molecular flexibility index (Phi) is 6.98. The molecule has 1 heterocycles. The fourth-order valence-corrected chi connectivity index (χ4v) is 3.37. The van der Waals surface area contributed by atoms with E-state index in [1.807, 2.05) is 6.07 Å². The lowest BCUT2D eigenvalue weighted by atomic mass is 10.2. The molecule has 0 aromatic heterocycles. The molecule has 3 rings (SSSR count). The summed E-state index contributed by atoms with van der Waals surface area (Å²) in [4.78, 5) is 16.6. The number of benzene rings is 2. The first kappa shape index (κ1) is 19.5. The van der Waals surface area contributed by atoms with Gasteiger partial charge in [-0.15, -0.1) is 0 Å². The maximum absolute atomic E-state index is 12.1. The molecule has 0 spiro atoms. The molecule has 1 fully saturated rings. The van der Waals surface area contributed by atoms with Gasteiger partial charge in [0.25, 0.3) is 5.91 Å². The van der Waals surface area contributed by atoms with Crippen LogP contribution in [0.25, 0.3) is 0 Å². The van der Waals surface area contributed by atoms with Crippen LogP contribution in [-0.2, 0) is 11.3 Å². The second-order valence-corrected chi connectivity index (χ2v) is 7.45. The molecular formula is C20H23BrN4O2. The molecule has 1 amide bonds. The minimum atomic E-state index is -0.155. The molecule has 2 aromatic rings. The maximum Gasteiger partial charge on any atom is 0.254 e. The van der Waals surface area contributed by atoms with Crippen LogP contribution in [0.2, 0.25) is 0 Å². The highest BCUT2D eigenvalue weighted by Crippen LogP contribution is 2.19. The van der Waals surface area contributed by atoms with Crippen LogP contribution in [0.4, 0.5) is 0 Å². The lowest BCUT2D eigenvalue weighted by molar-refractivity contribution is -0.122. The summed E-state index contributed by atoms with van der Waals surface area (Å²) in [6, 6.07) is 15.5. The van der Waals surface area contributed by atoms with Gasteiger partial charge in [0, 0.05) is 42.8 Å². The largest absolute Gasteiger partial charge is 0.507 e. The van der Waals surface area contributed by atoms with Crippen molar-refractivity contribution in [1.29, 1.82) is 0 Å². The van der Waals surface area contributed by atoms with Gasteiger partial charge in [-0.1, -0.05) is 46.3 Å². The number of hydrazone groups is 1. The van der Waals surface area contributed by atoms with Gasteiger partial charge in [-0.05, 0) is 23.8 Å². The molecule has 27 heavy (non-hydrogen) atoms. The number of carbonyl (C=O) groups is 1. The van der Waals surface area contributed by atoms with E-state index in [0.29, 0.717) is 12.1 Å². The number of aromatic hydroxyl groups is 1. The fourth-order valence-electron chi connectivity index (χ4n) is 2.99. The normalized spacial score (nSPS) is 15.9. The molecule has 1 aliphatic rings. The molecule has 2 aromatic carbocycles. The Bertz CT molecular complexity index is 790. The third kappa shape index (κ3) is 6.16. The predicted molar refractivity (Wildman–Crippen MR) is 110 cm³/mol. The van der Waals surface area contributed by atoms with Crippen LogP contribution >= 0.6 is 15.9 Å². The van der Waals surface area contributed by atoms with Crippen LogP contribution in [0.3, 0.4) is 0 Å². The van der Waals surface area contributed by atoms with Crippen LogP contribution in [0.15, 0.2) is 58.1 Å². The van der Waals surface area contributed by atoms with Crippen molar-refractivity contribution in [3.8, 4) is 5.75 Å². The summed E-state index contributed by atoms with van der Waals surface area (Å²) in [5.41, 5.74) is 4.38. The Morgan fingerprint density at radius 3 is 2.56 bits per heavy atom. The lowest BCUT2D eigenvalue weighted by Gasteiger charge is -2.34. The minimum Gasteiger partial charge on any atom is -0.507 e. The van der Waals surface area contributed by atoms with E-state index in [1.54, 1.807) is 18.2 Å². The van der Waals surface area contributed by atoms with E-state index in [-0.39, 0.29) is 11.7 Å². The predicted octanol–water partition coefficient (Wildman–Crippen LogP) is 2.42. The van der Waals surface area contributed by atoms with Crippen LogP contribution < -0.4 is 5.43 Å². The van der Waals surface area contributed by atoms with Crippen molar-refractivity contribution in [3.63, 3.8) is 0 Å². The van der Waals surface area contributed by atoms with Gasteiger partial charge in [0.1, 0.15) is 5.75 Å². The summed E-state index contributed by atoms with van der Waals surface area (Å²) in [5.74, 6) is -0.0389. The van der Waals surface area contributed by atoms with E-state index in [2.05, 4.69) is 60.5 Å². The number of halogens is 1. The first-order chi connectivity index (χ1) is 13.1. The molecular weight excluding hydrogens is 408 g/mol. The van der Waals surface area contributed by atoms with Gasteiger partial charge < -0.3 is 5.11 Å². The van der Waals surface area contributed by atoms with Crippen molar-refractivity contribution in [2.75, 3.05) is 32.7 Å². The molecule has 1 aliphatic heterocycles. The summed E-state index contributed by atoms with van der Waals surface area (Å²) in [6.07, 6.45) is 1.44. The smallest absolute Gasteiger partial charge is 0.254 e. The number of carbonyl (C=O) groups excluding carboxylic acids is 1. The van der Waals surface area contributed by atoms with Crippen LogP contribution in [0, 0.1) is 0 Å². The summed E-state index contributed by atoms with van der Waals surface area (Å²) < 4.78 is 0.835. The van der Waals surface area contributed by atoms with Gasteiger partial charge in [0.05, 0.1) is 12.8 Å². The number of nitrogens with zero attached hydrogens (tertiary/aromatic N) is 3. The Labute approximate surface area is 167 Å².